The first-order valence-electron chi connectivity index (χ1n) is 7.24. The summed E-state index contributed by atoms with van der Waals surface area (Å²) < 4.78 is 4.90. The minimum Gasteiger partial charge on any atom is -0.385 e. The molecule has 1 saturated heterocycles. The molecular formula is C14H26N2O3. The van der Waals surface area contributed by atoms with E-state index in [1.807, 2.05) is 4.90 Å². The topological polar surface area (TPSA) is 58.6 Å². The zero-order chi connectivity index (χ0) is 14.1. The Hall–Kier alpha value is -1.10. The van der Waals surface area contributed by atoms with E-state index in [1.165, 1.54) is 6.42 Å². The Morgan fingerprint density at radius 1 is 1.37 bits per heavy atom. The fourth-order valence-electron chi connectivity index (χ4n) is 2.50. The lowest BCUT2D eigenvalue weighted by atomic mass is 9.99. The highest BCUT2D eigenvalue weighted by molar-refractivity contribution is 5.97. The van der Waals surface area contributed by atoms with Gasteiger partial charge in [0.25, 0.3) is 0 Å². The lowest BCUT2D eigenvalue weighted by Gasteiger charge is -2.35. The molecule has 5 nitrogen and oxygen atoms in total. The van der Waals surface area contributed by atoms with Crippen LogP contribution in [0.4, 0.5) is 0 Å². The highest BCUT2D eigenvalue weighted by atomic mass is 16.5. The number of amides is 2. The number of carbonyl (C=O) groups is 2. The van der Waals surface area contributed by atoms with E-state index < -0.39 is 0 Å². The molecule has 19 heavy (non-hydrogen) atoms. The Morgan fingerprint density at radius 3 is 2.84 bits per heavy atom. The summed E-state index contributed by atoms with van der Waals surface area (Å²) in [6.45, 7) is 4.09. The zero-order valence-corrected chi connectivity index (χ0v) is 12.1. The predicted molar refractivity (Wildman–Crippen MR) is 73.8 cm³/mol. The van der Waals surface area contributed by atoms with Gasteiger partial charge in [0.1, 0.15) is 6.42 Å². The SMILES string of the molecule is CCC1CCCCN1C(=O)CC(=O)NCCCOC. The van der Waals surface area contributed by atoms with Crippen molar-refractivity contribution in [2.45, 2.75) is 51.5 Å². The highest BCUT2D eigenvalue weighted by Gasteiger charge is 2.26. The van der Waals surface area contributed by atoms with Crippen LogP contribution in [0.3, 0.4) is 0 Å². The van der Waals surface area contributed by atoms with Crippen molar-refractivity contribution in [1.29, 1.82) is 0 Å². The van der Waals surface area contributed by atoms with Crippen molar-refractivity contribution in [1.82, 2.24) is 10.2 Å². The number of carbonyl (C=O) groups excluding carboxylic acids is 2. The largest absolute Gasteiger partial charge is 0.385 e. The summed E-state index contributed by atoms with van der Waals surface area (Å²) in [6, 6.07) is 0.322. The van der Waals surface area contributed by atoms with E-state index in [0.717, 1.165) is 32.2 Å². The molecule has 110 valence electrons. The van der Waals surface area contributed by atoms with Crippen molar-refractivity contribution < 1.29 is 14.3 Å². The van der Waals surface area contributed by atoms with Gasteiger partial charge in [0.2, 0.25) is 11.8 Å². The van der Waals surface area contributed by atoms with Crippen molar-refractivity contribution in [2.75, 3.05) is 26.8 Å². The zero-order valence-electron chi connectivity index (χ0n) is 12.1. The lowest BCUT2D eigenvalue weighted by Crippen LogP contribution is -2.45. The molecular weight excluding hydrogens is 244 g/mol. The molecule has 0 radical (unpaired) electrons. The molecule has 0 aromatic heterocycles. The van der Waals surface area contributed by atoms with Crippen molar-refractivity contribution >= 4 is 11.8 Å². The molecule has 1 heterocycles. The average Bonchev–Trinajstić information content (AvgIpc) is 2.43. The second-order valence-electron chi connectivity index (χ2n) is 5.02. The quantitative estimate of drug-likeness (QED) is 0.561. The molecule has 0 saturated carbocycles. The third kappa shape index (κ3) is 5.59. The van der Waals surface area contributed by atoms with Crippen LogP contribution >= 0.6 is 0 Å². The number of likely N-dealkylation sites (tertiary alicyclic amines) is 1. The van der Waals surface area contributed by atoms with E-state index in [4.69, 9.17) is 4.74 Å². The van der Waals surface area contributed by atoms with Crippen LogP contribution in [0.15, 0.2) is 0 Å². The van der Waals surface area contributed by atoms with Gasteiger partial charge in [0, 0.05) is 32.8 Å². The smallest absolute Gasteiger partial charge is 0.232 e. The first kappa shape index (κ1) is 16.0. The fraction of sp³-hybridized carbons (Fsp3) is 0.857. The Balaban J connectivity index is 2.30. The van der Waals surface area contributed by atoms with Crippen molar-refractivity contribution in [3.8, 4) is 0 Å². The summed E-state index contributed by atoms with van der Waals surface area (Å²) >= 11 is 0. The molecule has 1 rings (SSSR count). The summed E-state index contributed by atoms with van der Waals surface area (Å²) in [5.41, 5.74) is 0. The molecule has 1 N–H and O–H groups in total. The number of methoxy groups -OCH3 is 1. The number of hydrogen-bond donors (Lipinski definition) is 1. The Morgan fingerprint density at radius 2 is 2.16 bits per heavy atom. The van der Waals surface area contributed by atoms with Gasteiger partial charge in [-0.05, 0) is 32.1 Å². The minimum atomic E-state index is -0.179. The van der Waals surface area contributed by atoms with Gasteiger partial charge in [-0.15, -0.1) is 0 Å². The van der Waals surface area contributed by atoms with E-state index >= 15 is 0 Å². The van der Waals surface area contributed by atoms with Crippen LogP contribution in [0.5, 0.6) is 0 Å². The number of rotatable bonds is 7. The summed E-state index contributed by atoms with van der Waals surface area (Å²) in [5.74, 6) is -0.211. The first-order chi connectivity index (χ1) is 9.19. The standard InChI is InChI=1S/C14H26N2O3/c1-3-12-7-4-5-9-16(12)14(18)11-13(17)15-8-6-10-19-2/h12H,3-11H2,1-2H3,(H,15,17). The molecule has 1 aliphatic rings. The maximum Gasteiger partial charge on any atom is 0.232 e. The lowest BCUT2D eigenvalue weighted by molar-refractivity contribution is -0.139. The van der Waals surface area contributed by atoms with Gasteiger partial charge < -0.3 is 15.0 Å². The summed E-state index contributed by atoms with van der Waals surface area (Å²) in [4.78, 5) is 25.6. The molecule has 0 aliphatic carbocycles. The monoisotopic (exact) mass is 270 g/mol. The molecule has 2 amide bonds. The molecule has 0 aromatic carbocycles. The van der Waals surface area contributed by atoms with Crippen molar-refractivity contribution in [2.24, 2.45) is 0 Å². The van der Waals surface area contributed by atoms with Crippen LogP contribution in [-0.4, -0.2) is 49.6 Å². The minimum absolute atomic E-state index is 0.0243. The van der Waals surface area contributed by atoms with Crippen LogP contribution in [0.1, 0.15) is 45.4 Å². The van der Waals surface area contributed by atoms with E-state index in [1.54, 1.807) is 7.11 Å². The third-order valence-corrected chi connectivity index (χ3v) is 3.58. The maximum absolute atomic E-state index is 12.1. The first-order valence-corrected chi connectivity index (χ1v) is 7.24. The van der Waals surface area contributed by atoms with Crippen molar-refractivity contribution in [3.63, 3.8) is 0 Å². The maximum atomic E-state index is 12.1. The van der Waals surface area contributed by atoms with Gasteiger partial charge in [-0.25, -0.2) is 0 Å². The third-order valence-electron chi connectivity index (χ3n) is 3.58. The van der Waals surface area contributed by atoms with Crippen molar-refractivity contribution in [3.05, 3.63) is 0 Å². The normalized spacial score (nSPS) is 19.3. The van der Waals surface area contributed by atoms with Crippen LogP contribution in [0.25, 0.3) is 0 Å². The summed E-state index contributed by atoms with van der Waals surface area (Å²) in [7, 11) is 1.63. The molecule has 1 atom stereocenters. The number of nitrogens with one attached hydrogen (secondary N) is 1. The molecule has 1 unspecified atom stereocenters. The number of nitrogens with zero attached hydrogens (tertiary/aromatic N) is 1. The van der Waals surface area contributed by atoms with Crippen LogP contribution in [0, 0.1) is 0 Å². The molecule has 0 bridgehead atoms. The van der Waals surface area contributed by atoms with Gasteiger partial charge in [0.05, 0.1) is 0 Å². The Kier molecular flexibility index (Phi) is 7.48. The van der Waals surface area contributed by atoms with E-state index in [-0.39, 0.29) is 18.2 Å². The second-order valence-corrected chi connectivity index (χ2v) is 5.02. The Labute approximate surface area is 115 Å². The van der Waals surface area contributed by atoms with Crippen LogP contribution < -0.4 is 5.32 Å². The molecule has 0 spiro atoms. The van der Waals surface area contributed by atoms with Gasteiger partial charge >= 0.3 is 0 Å². The van der Waals surface area contributed by atoms with Gasteiger partial charge in [-0.3, -0.25) is 9.59 Å². The van der Waals surface area contributed by atoms with Crippen LogP contribution in [-0.2, 0) is 14.3 Å². The second kappa shape index (κ2) is 8.91. The summed E-state index contributed by atoms with van der Waals surface area (Å²) in [5, 5.41) is 2.75. The van der Waals surface area contributed by atoms with E-state index in [0.29, 0.717) is 19.2 Å². The molecule has 1 fully saturated rings. The average molecular weight is 270 g/mol. The van der Waals surface area contributed by atoms with Crippen LogP contribution in [0.2, 0.25) is 0 Å². The number of piperidine rings is 1. The molecule has 5 heteroatoms. The fourth-order valence-corrected chi connectivity index (χ4v) is 2.50. The van der Waals surface area contributed by atoms with E-state index in [9.17, 15) is 9.59 Å². The van der Waals surface area contributed by atoms with Gasteiger partial charge in [0.15, 0.2) is 0 Å². The van der Waals surface area contributed by atoms with Gasteiger partial charge in [-0.1, -0.05) is 6.92 Å². The number of hydrogen-bond acceptors (Lipinski definition) is 3. The number of ether oxygens (including phenoxy) is 1. The van der Waals surface area contributed by atoms with Gasteiger partial charge in [-0.2, -0.15) is 0 Å². The molecule has 0 aromatic rings. The molecule has 1 aliphatic heterocycles. The predicted octanol–water partition coefficient (Wildman–Crippen LogP) is 1.32. The van der Waals surface area contributed by atoms with E-state index in [2.05, 4.69) is 12.2 Å². The highest BCUT2D eigenvalue weighted by Crippen LogP contribution is 2.20. The Bertz CT molecular complexity index is 294. The summed E-state index contributed by atoms with van der Waals surface area (Å²) in [6.07, 6.45) is 5.03.